The number of nitrogens with one attached hydrogen (secondary N) is 1. The Morgan fingerprint density at radius 3 is 2.94 bits per heavy atom. The van der Waals surface area contributed by atoms with Crippen molar-refractivity contribution in [1.29, 1.82) is 0 Å². The highest BCUT2D eigenvalue weighted by atomic mass is 35.5. The van der Waals surface area contributed by atoms with E-state index in [9.17, 15) is 0 Å². The van der Waals surface area contributed by atoms with Crippen LogP contribution >= 0.6 is 11.6 Å². The predicted octanol–water partition coefficient (Wildman–Crippen LogP) is 1.00. The van der Waals surface area contributed by atoms with Crippen LogP contribution in [-0.2, 0) is 11.8 Å². The van der Waals surface area contributed by atoms with Crippen LogP contribution in [0.25, 0.3) is 0 Å². The van der Waals surface area contributed by atoms with Crippen LogP contribution < -0.4 is 11.3 Å². The smallest absolute Gasteiger partial charge is 0.0834 e. The van der Waals surface area contributed by atoms with E-state index in [1.807, 2.05) is 7.05 Å². The minimum Gasteiger partial charge on any atom is -0.378 e. The molecule has 0 spiro atoms. The first kappa shape index (κ1) is 11.9. The Morgan fingerprint density at radius 2 is 2.50 bits per heavy atom. The quantitative estimate of drug-likeness (QED) is 0.615. The van der Waals surface area contributed by atoms with Gasteiger partial charge in [-0.3, -0.25) is 16.0 Å². The van der Waals surface area contributed by atoms with Crippen LogP contribution in [0.2, 0.25) is 5.02 Å². The van der Waals surface area contributed by atoms with Gasteiger partial charge in [0.15, 0.2) is 0 Å². The SMILES string of the molecule is CC1OCCC1C(NN)c1c(Cl)cnn1C. The Morgan fingerprint density at radius 1 is 1.75 bits per heavy atom. The summed E-state index contributed by atoms with van der Waals surface area (Å²) in [6.45, 7) is 2.84. The Balaban J connectivity index is 2.28. The lowest BCUT2D eigenvalue weighted by molar-refractivity contribution is 0.0944. The maximum absolute atomic E-state index is 6.13. The third-order valence-corrected chi connectivity index (χ3v) is 3.57. The number of halogens is 1. The molecule has 3 unspecified atom stereocenters. The highest BCUT2D eigenvalue weighted by molar-refractivity contribution is 6.31. The largest absolute Gasteiger partial charge is 0.378 e. The monoisotopic (exact) mass is 244 g/mol. The molecule has 3 N–H and O–H groups in total. The Hall–Kier alpha value is -0.620. The van der Waals surface area contributed by atoms with Crippen LogP contribution in [0.15, 0.2) is 6.20 Å². The molecular weight excluding hydrogens is 228 g/mol. The average Bonchev–Trinajstić information content (AvgIpc) is 2.80. The van der Waals surface area contributed by atoms with Crippen LogP contribution in [0, 0.1) is 5.92 Å². The van der Waals surface area contributed by atoms with Crippen molar-refractivity contribution in [1.82, 2.24) is 15.2 Å². The summed E-state index contributed by atoms with van der Waals surface area (Å²) in [5.41, 5.74) is 3.76. The first-order chi connectivity index (χ1) is 7.65. The van der Waals surface area contributed by atoms with E-state index in [1.165, 1.54) is 0 Å². The zero-order chi connectivity index (χ0) is 11.7. The summed E-state index contributed by atoms with van der Waals surface area (Å²) < 4.78 is 7.32. The van der Waals surface area contributed by atoms with E-state index in [0.29, 0.717) is 10.9 Å². The minimum atomic E-state index is -0.0162. The summed E-state index contributed by atoms with van der Waals surface area (Å²) in [5.74, 6) is 5.97. The van der Waals surface area contributed by atoms with Crippen LogP contribution in [0.4, 0.5) is 0 Å². The maximum atomic E-state index is 6.13. The molecule has 0 saturated carbocycles. The number of hydrogen-bond donors (Lipinski definition) is 2. The van der Waals surface area contributed by atoms with E-state index in [0.717, 1.165) is 18.7 Å². The fourth-order valence-corrected chi connectivity index (χ4v) is 2.64. The zero-order valence-electron chi connectivity index (χ0n) is 9.48. The molecule has 6 heteroatoms. The molecule has 1 aliphatic heterocycles. The molecule has 1 fully saturated rings. The second-order valence-corrected chi connectivity index (χ2v) is 4.58. The molecule has 0 aromatic carbocycles. The van der Waals surface area contributed by atoms with Gasteiger partial charge in [-0.25, -0.2) is 0 Å². The highest BCUT2D eigenvalue weighted by Gasteiger charge is 2.34. The number of nitrogens with two attached hydrogens (primary N) is 1. The molecule has 0 radical (unpaired) electrons. The van der Waals surface area contributed by atoms with E-state index in [-0.39, 0.29) is 12.1 Å². The Kier molecular flexibility index (Phi) is 3.49. The molecule has 0 aliphatic carbocycles. The molecule has 90 valence electrons. The number of ether oxygens (including phenoxy) is 1. The van der Waals surface area contributed by atoms with Crippen molar-refractivity contribution in [3.63, 3.8) is 0 Å². The van der Waals surface area contributed by atoms with Crippen LogP contribution in [0.5, 0.6) is 0 Å². The second-order valence-electron chi connectivity index (χ2n) is 4.17. The van der Waals surface area contributed by atoms with Gasteiger partial charge in [0, 0.05) is 19.6 Å². The molecular formula is C10H17ClN4O. The van der Waals surface area contributed by atoms with Gasteiger partial charge in [-0.05, 0) is 13.3 Å². The number of nitrogens with zero attached hydrogens (tertiary/aromatic N) is 2. The minimum absolute atomic E-state index is 0.0162. The lowest BCUT2D eigenvalue weighted by atomic mass is 9.91. The van der Waals surface area contributed by atoms with Crippen LogP contribution in [-0.4, -0.2) is 22.5 Å². The van der Waals surface area contributed by atoms with Crippen molar-refractivity contribution in [3.8, 4) is 0 Å². The summed E-state index contributed by atoms with van der Waals surface area (Å²) >= 11 is 6.13. The first-order valence-electron chi connectivity index (χ1n) is 5.40. The lowest BCUT2D eigenvalue weighted by Gasteiger charge is -2.25. The summed E-state index contributed by atoms with van der Waals surface area (Å²) in [6.07, 6.45) is 2.81. The molecule has 2 rings (SSSR count). The maximum Gasteiger partial charge on any atom is 0.0834 e. The van der Waals surface area contributed by atoms with Crippen molar-refractivity contribution in [2.45, 2.75) is 25.5 Å². The molecule has 1 saturated heterocycles. The van der Waals surface area contributed by atoms with Gasteiger partial charge in [-0.1, -0.05) is 11.6 Å². The number of aryl methyl sites for hydroxylation is 1. The summed E-state index contributed by atoms with van der Waals surface area (Å²) in [7, 11) is 1.87. The van der Waals surface area contributed by atoms with Crippen LogP contribution in [0.3, 0.4) is 0 Å². The summed E-state index contributed by atoms with van der Waals surface area (Å²) in [5, 5.41) is 4.77. The van der Waals surface area contributed by atoms with E-state index in [2.05, 4.69) is 17.4 Å². The van der Waals surface area contributed by atoms with E-state index in [4.69, 9.17) is 22.2 Å². The number of hydrogen-bond acceptors (Lipinski definition) is 4. The number of rotatable bonds is 3. The van der Waals surface area contributed by atoms with E-state index in [1.54, 1.807) is 10.9 Å². The van der Waals surface area contributed by atoms with Gasteiger partial charge in [0.2, 0.25) is 0 Å². The third-order valence-electron chi connectivity index (χ3n) is 3.27. The van der Waals surface area contributed by atoms with Gasteiger partial charge < -0.3 is 4.74 Å². The highest BCUT2D eigenvalue weighted by Crippen LogP contribution is 2.35. The van der Waals surface area contributed by atoms with Gasteiger partial charge in [0.1, 0.15) is 0 Å². The molecule has 0 amide bonds. The molecule has 0 bridgehead atoms. The fraction of sp³-hybridized carbons (Fsp3) is 0.700. The molecule has 1 aliphatic rings. The average molecular weight is 245 g/mol. The van der Waals surface area contributed by atoms with Crippen molar-refractivity contribution in [2.75, 3.05) is 6.61 Å². The van der Waals surface area contributed by atoms with E-state index < -0.39 is 0 Å². The fourth-order valence-electron chi connectivity index (χ4n) is 2.36. The molecule has 1 aromatic rings. The van der Waals surface area contributed by atoms with Gasteiger partial charge >= 0.3 is 0 Å². The number of aromatic nitrogens is 2. The standard InChI is InChI=1S/C10H17ClN4O/c1-6-7(3-4-16-6)9(14-12)10-8(11)5-13-15(10)2/h5-7,9,14H,3-4,12H2,1-2H3. The first-order valence-corrected chi connectivity index (χ1v) is 5.78. The van der Waals surface area contributed by atoms with Gasteiger partial charge in [-0.15, -0.1) is 0 Å². The predicted molar refractivity (Wildman–Crippen MR) is 61.8 cm³/mol. The topological polar surface area (TPSA) is 65.1 Å². The van der Waals surface area contributed by atoms with Crippen molar-refractivity contribution < 1.29 is 4.74 Å². The van der Waals surface area contributed by atoms with Crippen molar-refractivity contribution in [2.24, 2.45) is 18.8 Å². The van der Waals surface area contributed by atoms with Crippen LogP contribution in [0.1, 0.15) is 25.1 Å². The molecule has 16 heavy (non-hydrogen) atoms. The van der Waals surface area contributed by atoms with Gasteiger partial charge in [-0.2, -0.15) is 5.10 Å². The van der Waals surface area contributed by atoms with Gasteiger partial charge in [0.25, 0.3) is 0 Å². The third kappa shape index (κ3) is 1.96. The second kappa shape index (κ2) is 4.71. The normalized spacial score (nSPS) is 27.2. The molecule has 1 aromatic heterocycles. The molecule has 2 heterocycles. The van der Waals surface area contributed by atoms with Crippen molar-refractivity contribution >= 4 is 11.6 Å². The van der Waals surface area contributed by atoms with Crippen molar-refractivity contribution in [3.05, 3.63) is 16.9 Å². The number of hydrazine groups is 1. The van der Waals surface area contributed by atoms with Gasteiger partial charge in [0.05, 0.1) is 29.1 Å². The van der Waals surface area contributed by atoms with E-state index >= 15 is 0 Å². The lowest BCUT2D eigenvalue weighted by Crippen LogP contribution is -2.37. The molecule has 3 atom stereocenters. The molecule has 5 nitrogen and oxygen atoms in total. The Bertz CT molecular complexity index is 348. The zero-order valence-corrected chi connectivity index (χ0v) is 10.2. The summed E-state index contributed by atoms with van der Waals surface area (Å²) in [6, 6.07) is -0.0162. The Labute approximate surface area is 99.9 Å². The summed E-state index contributed by atoms with van der Waals surface area (Å²) in [4.78, 5) is 0.